The second-order valence-electron chi connectivity index (χ2n) is 9.69. The van der Waals surface area contributed by atoms with Crippen molar-refractivity contribution >= 4 is 16.7 Å². The third kappa shape index (κ3) is 3.96. The lowest BCUT2D eigenvalue weighted by Crippen LogP contribution is -2.38. The summed E-state index contributed by atoms with van der Waals surface area (Å²) in [5.41, 5.74) is 7.62. The highest BCUT2D eigenvalue weighted by Crippen LogP contribution is 2.44. The summed E-state index contributed by atoms with van der Waals surface area (Å²) in [4.78, 5) is 0. The van der Waals surface area contributed by atoms with Gasteiger partial charge in [0, 0.05) is 12.4 Å². The molecule has 0 aliphatic heterocycles. The first-order chi connectivity index (χ1) is 19.2. The molecular weight excluding hydrogens is 476 g/mol. The Morgan fingerprint density at radius 1 is 0.718 bits per heavy atom. The van der Waals surface area contributed by atoms with Crippen LogP contribution in [0.3, 0.4) is 0 Å². The summed E-state index contributed by atoms with van der Waals surface area (Å²) in [5, 5.41) is 19.0. The predicted molar refractivity (Wildman–Crippen MR) is 159 cm³/mol. The van der Waals surface area contributed by atoms with Crippen LogP contribution in [-0.4, -0.2) is 16.8 Å². The Bertz CT molecular complexity index is 1700. The van der Waals surface area contributed by atoms with Gasteiger partial charge in [-0.15, -0.1) is 0 Å². The number of aryl methyl sites for hydroxylation is 1. The van der Waals surface area contributed by atoms with Crippen LogP contribution in [-0.2, 0) is 5.54 Å². The summed E-state index contributed by atoms with van der Waals surface area (Å²) >= 11 is 0. The largest absolute Gasteiger partial charge is 0.371 e. The van der Waals surface area contributed by atoms with Crippen molar-refractivity contribution in [1.29, 1.82) is 5.26 Å². The van der Waals surface area contributed by atoms with E-state index in [0.717, 1.165) is 50.1 Å². The van der Waals surface area contributed by atoms with Gasteiger partial charge in [-0.3, -0.25) is 0 Å². The van der Waals surface area contributed by atoms with Gasteiger partial charge in [0.2, 0.25) is 0 Å². The summed E-state index contributed by atoms with van der Waals surface area (Å²) in [6.07, 6.45) is 0. The molecule has 5 aromatic carbocycles. The maximum Gasteiger partial charge on any atom is 0.155 e. The lowest BCUT2D eigenvalue weighted by atomic mass is 9.77. The van der Waals surface area contributed by atoms with Gasteiger partial charge in [-0.2, -0.15) is 10.4 Å². The third-order valence-electron chi connectivity index (χ3n) is 7.48. The Kier molecular flexibility index (Phi) is 6.19. The molecule has 0 spiro atoms. The maximum atomic E-state index is 9.32. The SMILES string of the molecule is CNc1nn(C(c2ccccc2)(c2ccccc2)c2ccccc2)c2ccc(-c3ccc(C#N)cc3C)cc12. The molecule has 0 aliphatic rings. The van der Waals surface area contributed by atoms with Crippen molar-refractivity contribution in [3.63, 3.8) is 0 Å². The van der Waals surface area contributed by atoms with Gasteiger partial charge in [-0.25, -0.2) is 4.68 Å². The molecular formula is C35H28N4. The average molecular weight is 505 g/mol. The molecule has 0 radical (unpaired) electrons. The summed E-state index contributed by atoms with van der Waals surface area (Å²) in [7, 11) is 1.92. The fourth-order valence-corrected chi connectivity index (χ4v) is 5.69. The Hall–Kier alpha value is -5.14. The highest BCUT2D eigenvalue weighted by atomic mass is 15.4. The minimum Gasteiger partial charge on any atom is -0.371 e. The molecule has 4 heteroatoms. The van der Waals surface area contributed by atoms with Crippen LogP contribution in [0.5, 0.6) is 0 Å². The molecule has 0 amide bonds. The number of anilines is 1. The predicted octanol–water partition coefficient (Wildman–Crippen LogP) is 7.77. The van der Waals surface area contributed by atoms with Crippen molar-refractivity contribution < 1.29 is 0 Å². The minimum atomic E-state index is -0.705. The number of hydrogen-bond donors (Lipinski definition) is 1. The number of nitrogens with zero attached hydrogens (tertiary/aromatic N) is 3. The Balaban J connectivity index is 1.69. The van der Waals surface area contributed by atoms with Gasteiger partial charge < -0.3 is 5.32 Å². The summed E-state index contributed by atoms with van der Waals surface area (Å²) in [5.74, 6) is 0.810. The molecule has 0 aliphatic carbocycles. The topological polar surface area (TPSA) is 53.6 Å². The van der Waals surface area contributed by atoms with Gasteiger partial charge in [0.15, 0.2) is 5.82 Å². The first-order valence-corrected chi connectivity index (χ1v) is 13.1. The number of rotatable bonds is 6. The van der Waals surface area contributed by atoms with E-state index >= 15 is 0 Å². The van der Waals surface area contributed by atoms with Crippen molar-refractivity contribution in [2.24, 2.45) is 0 Å². The van der Waals surface area contributed by atoms with Gasteiger partial charge in [0.25, 0.3) is 0 Å². The second kappa shape index (κ2) is 9.96. The smallest absolute Gasteiger partial charge is 0.155 e. The molecule has 1 aromatic heterocycles. The van der Waals surface area contributed by atoms with E-state index in [2.05, 4.69) is 125 Å². The molecule has 1 heterocycles. The van der Waals surface area contributed by atoms with E-state index in [9.17, 15) is 5.26 Å². The molecule has 6 aromatic rings. The van der Waals surface area contributed by atoms with Crippen LogP contribution >= 0.6 is 0 Å². The Morgan fingerprint density at radius 3 is 1.77 bits per heavy atom. The zero-order valence-electron chi connectivity index (χ0n) is 22.0. The van der Waals surface area contributed by atoms with Crippen molar-refractivity contribution in [2.45, 2.75) is 12.5 Å². The number of nitriles is 1. The van der Waals surface area contributed by atoms with Gasteiger partial charge in [0.05, 0.1) is 17.1 Å². The lowest BCUT2D eigenvalue weighted by Gasteiger charge is -2.37. The summed E-state index contributed by atoms with van der Waals surface area (Å²) in [6, 6.07) is 46.4. The van der Waals surface area contributed by atoms with Crippen molar-refractivity contribution in [1.82, 2.24) is 9.78 Å². The van der Waals surface area contributed by atoms with Crippen molar-refractivity contribution in [3.8, 4) is 17.2 Å². The molecule has 1 N–H and O–H groups in total. The van der Waals surface area contributed by atoms with E-state index < -0.39 is 5.54 Å². The molecule has 6 rings (SSSR count). The lowest BCUT2D eigenvalue weighted by molar-refractivity contribution is 0.477. The minimum absolute atomic E-state index is 0.666. The van der Waals surface area contributed by atoms with Crippen LogP contribution < -0.4 is 5.32 Å². The summed E-state index contributed by atoms with van der Waals surface area (Å²) in [6.45, 7) is 2.05. The van der Waals surface area contributed by atoms with Crippen LogP contribution in [0.15, 0.2) is 127 Å². The van der Waals surface area contributed by atoms with Crippen molar-refractivity contribution in [2.75, 3.05) is 12.4 Å². The quantitative estimate of drug-likeness (QED) is 0.236. The van der Waals surface area contributed by atoms with Crippen molar-refractivity contribution in [3.05, 3.63) is 155 Å². The molecule has 0 saturated heterocycles. The number of hydrogen-bond acceptors (Lipinski definition) is 3. The molecule has 188 valence electrons. The molecule has 39 heavy (non-hydrogen) atoms. The first kappa shape index (κ1) is 24.2. The Morgan fingerprint density at radius 2 is 1.28 bits per heavy atom. The maximum absolute atomic E-state index is 9.32. The highest BCUT2D eigenvalue weighted by Gasteiger charge is 2.40. The first-order valence-electron chi connectivity index (χ1n) is 13.1. The zero-order chi connectivity index (χ0) is 26.8. The highest BCUT2D eigenvalue weighted by molar-refractivity contribution is 5.94. The fourth-order valence-electron chi connectivity index (χ4n) is 5.69. The van der Waals surface area contributed by atoms with Gasteiger partial charge in [-0.1, -0.05) is 103 Å². The van der Waals surface area contributed by atoms with Gasteiger partial charge >= 0.3 is 0 Å². The number of nitrogens with one attached hydrogen (secondary N) is 1. The van der Waals surface area contributed by atoms with Crippen LogP contribution in [0.2, 0.25) is 0 Å². The fraction of sp³-hybridized carbons (Fsp3) is 0.0857. The molecule has 4 nitrogen and oxygen atoms in total. The van der Waals surface area contributed by atoms with E-state index in [4.69, 9.17) is 5.10 Å². The third-order valence-corrected chi connectivity index (χ3v) is 7.48. The number of fused-ring (bicyclic) bond motifs is 1. The van der Waals surface area contributed by atoms with Gasteiger partial charge in [0.1, 0.15) is 5.54 Å². The van der Waals surface area contributed by atoms with Crippen LogP contribution in [0, 0.1) is 18.3 Å². The standard InChI is InChI=1S/C35H28N4/c1-25-22-26(24-36)18-20-31(25)27-19-21-33-32(23-27)34(37-2)38-39(33)35(28-12-6-3-7-13-28,29-14-8-4-9-15-29)30-16-10-5-11-17-30/h3-23H,1-2H3,(H,37,38). The Labute approximate surface area is 228 Å². The molecule has 0 fully saturated rings. The average Bonchev–Trinajstić information content (AvgIpc) is 3.37. The van der Waals surface area contributed by atoms with E-state index in [1.807, 2.05) is 32.2 Å². The van der Waals surface area contributed by atoms with Gasteiger partial charge in [-0.05, 0) is 64.6 Å². The second-order valence-corrected chi connectivity index (χ2v) is 9.69. The van der Waals surface area contributed by atoms with Crippen LogP contribution in [0.4, 0.5) is 5.82 Å². The van der Waals surface area contributed by atoms with E-state index in [1.165, 1.54) is 0 Å². The summed E-state index contributed by atoms with van der Waals surface area (Å²) < 4.78 is 2.17. The monoisotopic (exact) mass is 504 g/mol. The van der Waals surface area contributed by atoms with E-state index in [1.54, 1.807) is 0 Å². The molecule has 0 atom stereocenters. The normalized spacial score (nSPS) is 11.3. The molecule has 0 saturated carbocycles. The number of benzene rings is 5. The van der Waals surface area contributed by atoms with Crippen LogP contribution in [0.1, 0.15) is 27.8 Å². The van der Waals surface area contributed by atoms with E-state index in [-0.39, 0.29) is 0 Å². The zero-order valence-corrected chi connectivity index (χ0v) is 22.0. The molecule has 0 bridgehead atoms. The number of aromatic nitrogens is 2. The molecule has 0 unspecified atom stereocenters. The van der Waals surface area contributed by atoms with E-state index in [0.29, 0.717) is 5.56 Å². The van der Waals surface area contributed by atoms with Crippen LogP contribution in [0.25, 0.3) is 22.0 Å².